The minimum Gasteiger partial charge on any atom is -0.491 e. The van der Waals surface area contributed by atoms with E-state index in [2.05, 4.69) is 31.2 Å². The van der Waals surface area contributed by atoms with Crippen molar-refractivity contribution in [3.8, 4) is 5.75 Å². The van der Waals surface area contributed by atoms with Gasteiger partial charge in [-0.1, -0.05) is 15.9 Å². The lowest BCUT2D eigenvalue weighted by Gasteiger charge is -2.12. The average molecular weight is 394 g/mol. The number of benzene rings is 1. The van der Waals surface area contributed by atoms with Crippen LogP contribution in [0.15, 0.2) is 35.1 Å². The fourth-order valence-corrected chi connectivity index (χ4v) is 2.50. The van der Waals surface area contributed by atoms with Gasteiger partial charge in [0.15, 0.2) is 0 Å². The van der Waals surface area contributed by atoms with Crippen molar-refractivity contribution >= 4 is 27.8 Å². The predicted molar refractivity (Wildman–Crippen MR) is 95.2 cm³/mol. The van der Waals surface area contributed by atoms with Gasteiger partial charge >= 0.3 is 5.97 Å². The van der Waals surface area contributed by atoms with E-state index in [9.17, 15) is 4.79 Å². The van der Waals surface area contributed by atoms with Crippen LogP contribution in [0.2, 0.25) is 0 Å². The van der Waals surface area contributed by atoms with Crippen LogP contribution in [0, 0.1) is 0 Å². The zero-order valence-electron chi connectivity index (χ0n) is 13.9. The fraction of sp³-hybridized carbons (Fsp3) is 0.353. The Morgan fingerprint density at radius 2 is 1.96 bits per heavy atom. The van der Waals surface area contributed by atoms with Crippen LogP contribution < -0.4 is 10.1 Å². The summed E-state index contributed by atoms with van der Waals surface area (Å²) >= 11 is 3.48. The Morgan fingerprint density at radius 3 is 2.58 bits per heavy atom. The third-order valence-electron chi connectivity index (χ3n) is 2.92. The van der Waals surface area contributed by atoms with E-state index in [0.29, 0.717) is 24.7 Å². The minimum atomic E-state index is -0.425. The van der Waals surface area contributed by atoms with Crippen LogP contribution in [0.5, 0.6) is 5.75 Å². The van der Waals surface area contributed by atoms with E-state index in [0.717, 1.165) is 15.8 Å². The first kappa shape index (κ1) is 18.2. The number of ether oxygens (including phenoxy) is 2. The van der Waals surface area contributed by atoms with Crippen LogP contribution in [0.4, 0.5) is 5.95 Å². The van der Waals surface area contributed by atoms with Crippen LogP contribution >= 0.6 is 15.9 Å². The Labute approximate surface area is 149 Å². The molecule has 0 saturated heterocycles. The number of hydrogen-bond acceptors (Lipinski definition) is 6. The molecule has 0 atom stereocenters. The summed E-state index contributed by atoms with van der Waals surface area (Å²) in [4.78, 5) is 19.8. The van der Waals surface area contributed by atoms with Crippen molar-refractivity contribution in [1.29, 1.82) is 0 Å². The number of carbonyl (C=O) groups excluding carboxylic acids is 1. The molecule has 0 aliphatic heterocycles. The minimum absolute atomic E-state index is 0.110. The van der Waals surface area contributed by atoms with Gasteiger partial charge in [0, 0.05) is 23.4 Å². The third-order valence-corrected chi connectivity index (χ3v) is 3.37. The van der Waals surface area contributed by atoms with Gasteiger partial charge in [-0.2, -0.15) is 0 Å². The summed E-state index contributed by atoms with van der Waals surface area (Å²) in [7, 11) is 0. The number of anilines is 1. The van der Waals surface area contributed by atoms with E-state index in [1.807, 2.05) is 32.0 Å². The number of nitrogens with one attached hydrogen (secondary N) is 1. The smallest absolute Gasteiger partial charge is 0.341 e. The number of rotatable bonds is 7. The molecule has 1 aromatic carbocycles. The molecule has 0 bridgehead atoms. The second-order valence-corrected chi connectivity index (χ2v) is 6.25. The maximum absolute atomic E-state index is 11.6. The fourth-order valence-electron chi connectivity index (χ4n) is 1.98. The maximum atomic E-state index is 11.6. The van der Waals surface area contributed by atoms with Crippen molar-refractivity contribution in [3.63, 3.8) is 0 Å². The third kappa shape index (κ3) is 5.49. The summed E-state index contributed by atoms with van der Waals surface area (Å²) in [6, 6.07) is 5.88. The Kier molecular flexibility index (Phi) is 6.54. The highest BCUT2D eigenvalue weighted by Gasteiger charge is 2.08. The largest absolute Gasteiger partial charge is 0.491 e. The van der Waals surface area contributed by atoms with Gasteiger partial charge in [-0.15, -0.1) is 0 Å². The second kappa shape index (κ2) is 8.63. The van der Waals surface area contributed by atoms with E-state index in [1.54, 1.807) is 6.92 Å². The molecular weight excluding hydrogens is 374 g/mol. The van der Waals surface area contributed by atoms with Crippen LogP contribution in [0.1, 0.15) is 36.7 Å². The molecule has 128 valence electrons. The van der Waals surface area contributed by atoms with Gasteiger partial charge < -0.3 is 14.8 Å². The number of aromatic nitrogens is 2. The van der Waals surface area contributed by atoms with Crippen molar-refractivity contribution in [1.82, 2.24) is 9.97 Å². The summed E-state index contributed by atoms with van der Waals surface area (Å²) in [6.07, 6.45) is 3.00. The van der Waals surface area contributed by atoms with Gasteiger partial charge in [0.25, 0.3) is 0 Å². The number of carbonyl (C=O) groups is 1. The number of halogens is 1. The SMILES string of the molecule is CCOC(=O)c1cnc(NCc2cc(Br)cc(OC(C)C)c2)nc1. The normalized spacial score (nSPS) is 10.5. The first-order valence-corrected chi connectivity index (χ1v) is 8.46. The van der Waals surface area contributed by atoms with Crippen LogP contribution in [0.3, 0.4) is 0 Å². The Bertz CT molecular complexity index is 690. The lowest BCUT2D eigenvalue weighted by atomic mass is 10.2. The summed E-state index contributed by atoms with van der Waals surface area (Å²) in [5, 5.41) is 3.12. The Morgan fingerprint density at radius 1 is 1.25 bits per heavy atom. The summed E-state index contributed by atoms with van der Waals surface area (Å²) in [5.74, 6) is 0.815. The molecule has 2 rings (SSSR count). The maximum Gasteiger partial charge on any atom is 0.341 e. The molecule has 0 radical (unpaired) electrons. The standard InChI is InChI=1S/C17H20BrN3O3/c1-4-23-16(22)13-9-20-17(21-10-13)19-8-12-5-14(18)7-15(6-12)24-11(2)3/h5-7,9-11H,4,8H2,1-3H3,(H,19,20,21). The summed E-state index contributed by atoms with van der Waals surface area (Å²) in [6.45, 7) is 6.58. The number of esters is 1. The molecule has 0 amide bonds. The van der Waals surface area contributed by atoms with Gasteiger partial charge in [0.2, 0.25) is 5.95 Å². The predicted octanol–water partition coefficient (Wildman–Crippen LogP) is 3.82. The van der Waals surface area contributed by atoms with Crippen molar-refractivity contribution in [2.45, 2.75) is 33.4 Å². The topological polar surface area (TPSA) is 73.3 Å². The molecule has 0 fully saturated rings. The van der Waals surface area contributed by atoms with Gasteiger partial charge in [0.05, 0.1) is 18.3 Å². The second-order valence-electron chi connectivity index (χ2n) is 5.33. The molecule has 0 spiro atoms. The molecule has 7 heteroatoms. The summed E-state index contributed by atoms with van der Waals surface area (Å²) in [5.41, 5.74) is 1.36. The molecule has 0 aliphatic carbocycles. The molecule has 24 heavy (non-hydrogen) atoms. The van der Waals surface area contributed by atoms with E-state index in [-0.39, 0.29) is 6.10 Å². The molecular formula is C17H20BrN3O3. The zero-order chi connectivity index (χ0) is 17.5. The molecule has 6 nitrogen and oxygen atoms in total. The van der Waals surface area contributed by atoms with Gasteiger partial charge in [0.1, 0.15) is 5.75 Å². The highest BCUT2D eigenvalue weighted by Crippen LogP contribution is 2.23. The van der Waals surface area contributed by atoms with Crippen molar-refractivity contribution in [2.75, 3.05) is 11.9 Å². The van der Waals surface area contributed by atoms with Crippen molar-refractivity contribution < 1.29 is 14.3 Å². The lowest BCUT2D eigenvalue weighted by Crippen LogP contribution is -2.09. The molecule has 2 aromatic rings. The quantitative estimate of drug-likeness (QED) is 0.720. The first-order chi connectivity index (χ1) is 11.5. The monoisotopic (exact) mass is 393 g/mol. The molecule has 1 aromatic heterocycles. The lowest BCUT2D eigenvalue weighted by molar-refractivity contribution is 0.0525. The molecule has 1 heterocycles. The van der Waals surface area contributed by atoms with Crippen molar-refractivity contribution in [3.05, 3.63) is 46.2 Å². The molecule has 1 N–H and O–H groups in total. The Balaban J connectivity index is 2.00. The van der Waals surface area contributed by atoms with Crippen LogP contribution in [0.25, 0.3) is 0 Å². The van der Waals surface area contributed by atoms with E-state index >= 15 is 0 Å². The Hall–Kier alpha value is -2.15. The molecule has 0 unspecified atom stereocenters. The average Bonchev–Trinajstić information content (AvgIpc) is 2.52. The molecule has 0 saturated carbocycles. The van der Waals surface area contributed by atoms with E-state index in [4.69, 9.17) is 9.47 Å². The van der Waals surface area contributed by atoms with Gasteiger partial charge in [-0.3, -0.25) is 0 Å². The highest BCUT2D eigenvalue weighted by molar-refractivity contribution is 9.10. The van der Waals surface area contributed by atoms with E-state index < -0.39 is 5.97 Å². The van der Waals surface area contributed by atoms with Crippen LogP contribution in [-0.4, -0.2) is 28.6 Å². The summed E-state index contributed by atoms with van der Waals surface area (Å²) < 4.78 is 11.5. The number of nitrogens with zero attached hydrogens (tertiary/aromatic N) is 2. The highest BCUT2D eigenvalue weighted by atomic mass is 79.9. The van der Waals surface area contributed by atoms with E-state index in [1.165, 1.54) is 12.4 Å². The van der Waals surface area contributed by atoms with Crippen molar-refractivity contribution in [2.24, 2.45) is 0 Å². The van der Waals surface area contributed by atoms with Gasteiger partial charge in [-0.05, 0) is 44.5 Å². The van der Waals surface area contributed by atoms with Crippen LogP contribution in [-0.2, 0) is 11.3 Å². The molecule has 0 aliphatic rings. The first-order valence-electron chi connectivity index (χ1n) is 7.67. The number of hydrogen-bond donors (Lipinski definition) is 1. The zero-order valence-corrected chi connectivity index (χ0v) is 15.5. The van der Waals surface area contributed by atoms with Gasteiger partial charge in [-0.25, -0.2) is 14.8 Å².